The molecule has 2 N–H and O–H groups in total. The molecular weight excluding hydrogens is 472 g/mol. The zero-order valence-corrected chi connectivity index (χ0v) is 20.9. The first-order valence-electron chi connectivity index (χ1n) is 11.9. The summed E-state index contributed by atoms with van der Waals surface area (Å²) in [5, 5.41) is 15.3. The predicted molar refractivity (Wildman–Crippen MR) is 141 cm³/mol. The molecule has 0 bridgehead atoms. The second kappa shape index (κ2) is 12.6. The Hall–Kier alpha value is -3.98. The van der Waals surface area contributed by atoms with Crippen LogP contribution in [0.25, 0.3) is 0 Å². The lowest BCUT2D eigenvalue weighted by atomic mass is 10.1. The Balaban J connectivity index is 1.15. The molecule has 0 saturated carbocycles. The monoisotopic (exact) mass is 500 g/mol. The van der Waals surface area contributed by atoms with Crippen molar-refractivity contribution in [1.29, 1.82) is 0 Å². The molecule has 0 atom stereocenters. The number of nitrogens with zero attached hydrogens (tertiary/aromatic N) is 4. The van der Waals surface area contributed by atoms with Crippen molar-refractivity contribution in [2.75, 3.05) is 10.6 Å². The number of rotatable bonds is 11. The van der Waals surface area contributed by atoms with Crippen LogP contribution in [-0.2, 0) is 35.3 Å². The largest absolute Gasteiger partial charge is 0.310 e. The third-order valence-electron chi connectivity index (χ3n) is 5.43. The van der Waals surface area contributed by atoms with Crippen molar-refractivity contribution in [2.24, 2.45) is 0 Å². The number of nitrogens with one attached hydrogen (secondary N) is 2. The Labute approximate surface area is 214 Å². The van der Waals surface area contributed by atoms with Crippen LogP contribution in [0.2, 0.25) is 0 Å². The van der Waals surface area contributed by atoms with Gasteiger partial charge in [-0.25, -0.2) is 4.98 Å². The lowest BCUT2D eigenvalue weighted by Gasteiger charge is -2.06. The number of amides is 2. The van der Waals surface area contributed by atoms with Crippen molar-refractivity contribution in [1.82, 2.24) is 20.2 Å². The Bertz CT molecular complexity index is 1290. The van der Waals surface area contributed by atoms with E-state index >= 15 is 0 Å². The zero-order chi connectivity index (χ0) is 25.2. The number of hydrogen-bond acceptors (Lipinski definition) is 7. The van der Waals surface area contributed by atoms with Crippen molar-refractivity contribution in [3.05, 3.63) is 94.4 Å². The second-order valence-electron chi connectivity index (χ2n) is 8.52. The summed E-state index contributed by atoms with van der Waals surface area (Å²) >= 11 is 1.40. The standard InChI is InChI=1S/C27H28N6O2S/c1-19-7-6-9-21(15-19)16-24(34)30-23-13-12-20(18-29-23)8-2-3-11-26-32-33-27(36-26)31-25(35)17-22-10-4-5-14-28-22/h4-7,9-10,12-15,18H,2-3,8,11,16-17H2,1H3,(H,29,30,34)(H,31,33,35). The highest BCUT2D eigenvalue weighted by Gasteiger charge is 2.10. The molecule has 0 aliphatic heterocycles. The summed E-state index contributed by atoms with van der Waals surface area (Å²) in [6.07, 6.45) is 7.62. The third kappa shape index (κ3) is 8.06. The van der Waals surface area contributed by atoms with Gasteiger partial charge in [-0.3, -0.25) is 14.6 Å². The van der Waals surface area contributed by atoms with Gasteiger partial charge >= 0.3 is 0 Å². The Morgan fingerprint density at radius 2 is 1.69 bits per heavy atom. The van der Waals surface area contributed by atoms with E-state index in [1.807, 2.05) is 67.7 Å². The molecule has 0 unspecified atom stereocenters. The average Bonchev–Trinajstić information content (AvgIpc) is 3.30. The summed E-state index contributed by atoms with van der Waals surface area (Å²) in [5.41, 5.74) is 3.95. The van der Waals surface area contributed by atoms with Gasteiger partial charge in [0, 0.05) is 24.5 Å². The fourth-order valence-corrected chi connectivity index (χ4v) is 4.48. The molecule has 0 spiro atoms. The maximum Gasteiger partial charge on any atom is 0.232 e. The first-order chi connectivity index (χ1) is 17.5. The molecule has 1 aromatic carbocycles. The maximum atomic E-state index is 12.3. The van der Waals surface area contributed by atoms with Gasteiger partial charge in [-0.2, -0.15) is 0 Å². The third-order valence-corrected chi connectivity index (χ3v) is 6.32. The summed E-state index contributed by atoms with van der Waals surface area (Å²) in [7, 11) is 0. The molecule has 3 heterocycles. The van der Waals surface area contributed by atoms with E-state index in [9.17, 15) is 9.59 Å². The number of aromatic nitrogens is 4. The number of anilines is 2. The van der Waals surface area contributed by atoms with Gasteiger partial charge in [-0.1, -0.05) is 53.3 Å². The van der Waals surface area contributed by atoms with E-state index in [1.54, 1.807) is 6.20 Å². The second-order valence-corrected chi connectivity index (χ2v) is 9.58. The van der Waals surface area contributed by atoms with Crippen LogP contribution in [0.3, 0.4) is 0 Å². The summed E-state index contributed by atoms with van der Waals surface area (Å²) in [6.45, 7) is 2.01. The van der Waals surface area contributed by atoms with Crippen molar-refractivity contribution in [2.45, 2.75) is 45.4 Å². The van der Waals surface area contributed by atoms with E-state index in [0.717, 1.165) is 47.4 Å². The van der Waals surface area contributed by atoms with Crippen molar-refractivity contribution in [3.63, 3.8) is 0 Å². The summed E-state index contributed by atoms with van der Waals surface area (Å²) in [5.74, 6) is 0.326. The van der Waals surface area contributed by atoms with Crippen molar-refractivity contribution < 1.29 is 9.59 Å². The molecule has 0 fully saturated rings. The molecule has 4 aromatic rings. The highest BCUT2D eigenvalue weighted by atomic mass is 32.1. The quantitative estimate of drug-likeness (QED) is 0.292. The lowest BCUT2D eigenvalue weighted by Crippen LogP contribution is -2.15. The molecule has 9 heteroatoms. The van der Waals surface area contributed by atoms with Gasteiger partial charge in [0.15, 0.2) is 0 Å². The van der Waals surface area contributed by atoms with E-state index in [0.29, 0.717) is 23.1 Å². The molecule has 2 amide bonds. The topological polar surface area (TPSA) is 110 Å². The van der Waals surface area contributed by atoms with Crippen LogP contribution in [0.1, 0.15) is 40.2 Å². The summed E-state index contributed by atoms with van der Waals surface area (Å²) in [4.78, 5) is 33.0. The highest BCUT2D eigenvalue weighted by Crippen LogP contribution is 2.18. The van der Waals surface area contributed by atoms with Crippen LogP contribution in [0.4, 0.5) is 10.9 Å². The Morgan fingerprint density at radius 3 is 2.47 bits per heavy atom. The summed E-state index contributed by atoms with van der Waals surface area (Å²) < 4.78 is 0. The molecule has 8 nitrogen and oxygen atoms in total. The van der Waals surface area contributed by atoms with Crippen LogP contribution >= 0.6 is 11.3 Å². The molecule has 0 aliphatic carbocycles. The average molecular weight is 501 g/mol. The minimum absolute atomic E-state index is 0.0785. The van der Waals surface area contributed by atoms with Gasteiger partial charge in [0.1, 0.15) is 10.8 Å². The molecule has 36 heavy (non-hydrogen) atoms. The number of carbonyl (C=O) groups excluding carboxylic acids is 2. The number of carbonyl (C=O) groups is 2. The van der Waals surface area contributed by atoms with E-state index < -0.39 is 0 Å². The smallest absolute Gasteiger partial charge is 0.232 e. The van der Waals surface area contributed by atoms with E-state index in [2.05, 4.69) is 30.8 Å². The molecule has 0 saturated heterocycles. The number of pyridine rings is 2. The van der Waals surface area contributed by atoms with Crippen molar-refractivity contribution >= 4 is 34.1 Å². The SMILES string of the molecule is Cc1cccc(CC(=O)Nc2ccc(CCCCc3nnc(NC(=O)Cc4ccccn4)s3)cn2)c1. The van der Waals surface area contributed by atoms with Gasteiger partial charge in [0.05, 0.1) is 12.8 Å². The fraction of sp³-hybridized carbons (Fsp3) is 0.259. The van der Waals surface area contributed by atoms with Gasteiger partial charge < -0.3 is 10.6 Å². The van der Waals surface area contributed by atoms with Crippen LogP contribution in [0.5, 0.6) is 0 Å². The first kappa shape index (κ1) is 25.1. The number of benzene rings is 1. The molecular formula is C27H28N6O2S. The maximum absolute atomic E-state index is 12.3. The van der Waals surface area contributed by atoms with E-state index in [4.69, 9.17) is 0 Å². The van der Waals surface area contributed by atoms with Crippen LogP contribution < -0.4 is 10.6 Å². The fourth-order valence-electron chi connectivity index (χ4n) is 3.68. The van der Waals surface area contributed by atoms with Crippen LogP contribution in [0, 0.1) is 6.92 Å². The lowest BCUT2D eigenvalue weighted by molar-refractivity contribution is -0.116. The molecule has 184 valence electrons. The molecule has 4 rings (SSSR count). The Morgan fingerprint density at radius 1 is 0.833 bits per heavy atom. The van der Waals surface area contributed by atoms with Gasteiger partial charge in [-0.15, -0.1) is 10.2 Å². The molecule has 0 aliphatic rings. The molecule has 0 radical (unpaired) electrons. The number of aryl methyl sites for hydroxylation is 3. The van der Waals surface area contributed by atoms with Gasteiger partial charge in [0.25, 0.3) is 0 Å². The predicted octanol–water partition coefficient (Wildman–Crippen LogP) is 4.56. The van der Waals surface area contributed by atoms with Crippen LogP contribution in [-0.4, -0.2) is 32.0 Å². The van der Waals surface area contributed by atoms with E-state index in [1.165, 1.54) is 11.3 Å². The van der Waals surface area contributed by atoms with Crippen LogP contribution in [0.15, 0.2) is 67.0 Å². The first-order valence-corrected chi connectivity index (χ1v) is 12.7. The number of hydrogen-bond donors (Lipinski definition) is 2. The zero-order valence-electron chi connectivity index (χ0n) is 20.1. The highest BCUT2D eigenvalue weighted by molar-refractivity contribution is 7.15. The minimum Gasteiger partial charge on any atom is -0.310 e. The van der Waals surface area contributed by atoms with Gasteiger partial charge in [0.2, 0.25) is 16.9 Å². The van der Waals surface area contributed by atoms with Gasteiger partial charge in [-0.05, 0) is 55.5 Å². The normalized spacial score (nSPS) is 10.7. The Kier molecular flexibility index (Phi) is 8.82. The minimum atomic E-state index is -0.154. The van der Waals surface area contributed by atoms with E-state index in [-0.39, 0.29) is 18.2 Å². The number of unbranched alkanes of at least 4 members (excludes halogenated alkanes) is 1. The molecule has 3 aromatic heterocycles. The summed E-state index contributed by atoms with van der Waals surface area (Å²) in [6, 6.07) is 17.3. The van der Waals surface area contributed by atoms with Crippen molar-refractivity contribution in [3.8, 4) is 0 Å².